The van der Waals surface area contributed by atoms with E-state index in [0.29, 0.717) is 18.5 Å². The number of rotatable bonds is 6. The van der Waals surface area contributed by atoms with Crippen molar-refractivity contribution < 1.29 is 9.53 Å². The number of thioether (sulfide) groups is 1. The lowest BCUT2D eigenvalue weighted by atomic mass is 9.92. The van der Waals surface area contributed by atoms with Gasteiger partial charge in [-0.05, 0) is 49.9 Å². The van der Waals surface area contributed by atoms with E-state index in [1.807, 2.05) is 24.3 Å². The van der Waals surface area contributed by atoms with Gasteiger partial charge in [0.1, 0.15) is 5.75 Å². The summed E-state index contributed by atoms with van der Waals surface area (Å²) in [4.78, 5) is 13.1. The summed E-state index contributed by atoms with van der Waals surface area (Å²) in [6.45, 7) is 0. The van der Waals surface area contributed by atoms with Crippen LogP contribution in [0.2, 0.25) is 0 Å². The monoisotopic (exact) mass is 344 g/mol. The van der Waals surface area contributed by atoms with Gasteiger partial charge >= 0.3 is 0 Å². The normalized spacial score (nSPS) is 20.8. The van der Waals surface area contributed by atoms with E-state index < -0.39 is 0 Å². The van der Waals surface area contributed by atoms with Crippen LogP contribution in [0.15, 0.2) is 29.2 Å². The number of halogens is 1. The summed E-state index contributed by atoms with van der Waals surface area (Å²) >= 11 is 1.69. The highest BCUT2D eigenvalue weighted by Gasteiger charge is 2.19. The van der Waals surface area contributed by atoms with Crippen LogP contribution >= 0.6 is 24.2 Å². The molecular weight excluding hydrogens is 320 g/mol. The van der Waals surface area contributed by atoms with Crippen molar-refractivity contribution in [3.05, 3.63) is 24.3 Å². The predicted molar refractivity (Wildman–Crippen MR) is 94.0 cm³/mol. The summed E-state index contributed by atoms with van der Waals surface area (Å²) in [7, 11) is 1.66. The van der Waals surface area contributed by atoms with Crippen LogP contribution in [0, 0.1) is 0 Å². The number of carbonyl (C=O) groups excluding carboxylic acids is 1. The van der Waals surface area contributed by atoms with Crippen LogP contribution in [-0.2, 0) is 4.79 Å². The summed E-state index contributed by atoms with van der Waals surface area (Å²) in [6, 6.07) is 8.56. The lowest BCUT2D eigenvalue weighted by Gasteiger charge is -2.26. The maximum Gasteiger partial charge on any atom is 0.221 e. The van der Waals surface area contributed by atoms with E-state index in [1.165, 1.54) is 0 Å². The molecule has 1 amide bonds. The molecule has 0 unspecified atom stereocenters. The molecule has 0 spiro atoms. The number of ether oxygens (including phenoxy) is 1. The zero-order valence-electron chi connectivity index (χ0n) is 12.9. The minimum Gasteiger partial charge on any atom is -0.497 e. The molecule has 0 atom stereocenters. The van der Waals surface area contributed by atoms with Crippen LogP contribution in [0.4, 0.5) is 0 Å². The van der Waals surface area contributed by atoms with Gasteiger partial charge in [-0.25, -0.2) is 0 Å². The van der Waals surface area contributed by atoms with Crippen molar-refractivity contribution in [1.29, 1.82) is 0 Å². The third kappa shape index (κ3) is 6.46. The Hall–Kier alpha value is -0.910. The first-order valence-corrected chi connectivity index (χ1v) is 8.47. The predicted octanol–water partition coefficient (Wildman–Crippen LogP) is 2.99. The molecule has 0 heterocycles. The third-order valence-corrected chi connectivity index (χ3v) is 4.81. The standard InChI is InChI=1S/C16H24N2O2S.ClH/c1-20-14-6-8-15(9-7-14)21-11-10-16(19)18-13-4-2-12(17)3-5-13;/h6-9,12-13H,2-5,10-11,17H2,1H3,(H,18,19);1H. The van der Waals surface area contributed by atoms with Crippen molar-refractivity contribution in [2.45, 2.75) is 49.1 Å². The van der Waals surface area contributed by atoms with E-state index in [0.717, 1.165) is 42.1 Å². The number of nitrogens with one attached hydrogen (secondary N) is 1. The van der Waals surface area contributed by atoms with Crippen LogP contribution in [0.25, 0.3) is 0 Å². The fourth-order valence-corrected chi connectivity index (χ4v) is 3.35. The maximum absolute atomic E-state index is 11.9. The van der Waals surface area contributed by atoms with E-state index >= 15 is 0 Å². The minimum atomic E-state index is 0. The third-order valence-electron chi connectivity index (χ3n) is 3.79. The summed E-state index contributed by atoms with van der Waals surface area (Å²) in [6.07, 6.45) is 4.62. The number of hydrogen-bond donors (Lipinski definition) is 2. The SMILES string of the molecule is COc1ccc(SCCC(=O)NC2CCC(N)CC2)cc1.Cl. The van der Waals surface area contributed by atoms with E-state index in [4.69, 9.17) is 10.5 Å². The maximum atomic E-state index is 11.9. The van der Waals surface area contributed by atoms with Crippen molar-refractivity contribution >= 4 is 30.1 Å². The van der Waals surface area contributed by atoms with Crippen LogP contribution in [0.3, 0.4) is 0 Å². The summed E-state index contributed by atoms with van der Waals surface area (Å²) in [5.74, 6) is 1.80. The highest BCUT2D eigenvalue weighted by atomic mass is 35.5. The van der Waals surface area contributed by atoms with Gasteiger partial charge in [0.2, 0.25) is 5.91 Å². The molecule has 0 radical (unpaired) electrons. The van der Waals surface area contributed by atoms with Gasteiger partial charge in [0.05, 0.1) is 7.11 Å². The fraction of sp³-hybridized carbons (Fsp3) is 0.562. The molecule has 0 bridgehead atoms. The lowest BCUT2D eigenvalue weighted by Crippen LogP contribution is -2.40. The molecule has 1 aliphatic carbocycles. The average Bonchev–Trinajstić information content (AvgIpc) is 2.50. The van der Waals surface area contributed by atoms with Crippen LogP contribution in [0.1, 0.15) is 32.1 Å². The Balaban J connectivity index is 0.00000242. The second-order valence-electron chi connectivity index (χ2n) is 5.45. The van der Waals surface area contributed by atoms with E-state index in [1.54, 1.807) is 18.9 Å². The summed E-state index contributed by atoms with van der Waals surface area (Å²) < 4.78 is 5.12. The van der Waals surface area contributed by atoms with Crippen molar-refractivity contribution in [2.24, 2.45) is 5.73 Å². The molecule has 1 aromatic rings. The molecule has 2 rings (SSSR count). The minimum absolute atomic E-state index is 0. The van der Waals surface area contributed by atoms with Gasteiger partial charge in [0.25, 0.3) is 0 Å². The van der Waals surface area contributed by atoms with Crippen LogP contribution < -0.4 is 15.8 Å². The molecule has 1 saturated carbocycles. The van der Waals surface area contributed by atoms with Gasteiger partial charge in [-0.15, -0.1) is 24.2 Å². The molecule has 1 aliphatic rings. The molecule has 124 valence electrons. The van der Waals surface area contributed by atoms with Gasteiger partial charge in [-0.3, -0.25) is 4.79 Å². The molecule has 1 aromatic carbocycles. The Morgan fingerprint density at radius 3 is 2.50 bits per heavy atom. The number of nitrogens with two attached hydrogens (primary N) is 1. The van der Waals surface area contributed by atoms with E-state index in [9.17, 15) is 4.79 Å². The van der Waals surface area contributed by atoms with Gasteiger partial charge in [0, 0.05) is 29.2 Å². The second kappa shape index (κ2) is 9.98. The van der Waals surface area contributed by atoms with Gasteiger partial charge in [-0.2, -0.15) is 0 Å². The van der Waals surface area contributed by atoms with Gasteiger partial charge in [0.15, 0.2) is 0 Å². The average molecular weight is 345 g/mol. The Kier molecular flexibility index (Phi) is 8.68. The molecule has 0 aliphatic heterocycles. The Morgan fingerprint density at radius 1 is 1.27 bits per heavy atom. The molecular formula is C16H25ClN2O2S. The van der Waals surface area contributed by atoms with Gasteiger partial charge in [-0.1, -0.05) is 0 Å². The Morgan fingerprint density at radius 2 is 1.91 bits per heavy atom. The smallest absolute Gasteiger partial charge is 0.221 e. The lowest BCUT2D eigenvalue weighted by molar-refractivity contribution is -0.121. The fourth-order valence-electron chi connectivity index (χ4n) is 2.50. The number of carbonyl (C=O) groups is 1. The van der Waals surface area contributed by atoms with Crippen molar-refractivity contribution in [3.8, 4) is 5.75 Å². The summed E-state index contributed by atoms with van der Waals surface area (Å²) in [5, 5.41) is 3.12. The first-order valence-electron chi connectivity index (χ1n) is 7.49. The first kappa shape index (κ1) is 19.1. The number of hydrogen-bond acceptors (Lipinski definition) is 4. The van der Waals surface area contributed by atoms with E-state index in [-0.39, 0.29) is 18.3 Å². The topological polar surface area (TPSA) is 64.3 Å². The molecule has 4 nitrogen and oxygen atoms in total. The molecule has 6 heteroatoms. The van der Waals surface area contributed by atoms with Crippen molar-refractivity contribution in [1.82, 2.24) is 5.32 Å². The number of methoxy groups -OCH3 is 1. The summed E-state index contributed by atoms with van der Waals surface area (Å²) in [5.41, 5.74) is 5.87. The molecule has 0 aromatic heterocycles. The van der Waals surface area contributed by atoms with Crippen molar-refractivity contribution in [3.63, 3.8) is 0 Å². The molecule has 1 fully saturated rings. The highest BCUT2D eigenvalue weighted by Crippen LogP contribution is 2.22. The highest BCUT2D eigenvalue weighted by molar-refractivity contribution is 7.99. The van der Waals surface area contributed by atoms with Crippen LogP contribution in [-0.4, -0.2) is 30.9 Å². The van der Waals surface area contributed by atoms with Crippen molar-refractivity contribution in [2.75, 3.05) is 12.9 Å². The van der Waals surface area contributed by atoms with E-state index in [2.05, 4.69) is 5.32 Å². The number of benzene rings is 1. The molecule has 0 saturated heterocycles. The Labute approximate surface area is 143 Å². The van der Waals surface area contributed by atoms with Crippen LogP contribution in [0.5, 0.6) is 5.75 Å². The molecule has 3 N–H and O–H groups in total. The van der Waals surface area contributed by atoms with Gasteiger partial charge < -0.3 is 15.8 Å². The Bertz CT molecular complexity index is 448. The largest absolute Gasteiger partial charge is 0.497 e. The quantitative estimate of drug-likeness (QED) is 0.779. The number of amides is 1. The first-order chi connectivity index (χ1) is 10.2. The molecule has 22 heavy (non-hydrogen) atoms. The second-order valence-corrected chi connectivity index (χ2v) is 6.62. The zero-order chi connectivity index (χ0) is 15.1. The zero-order valence-corrected chi connectivity index (χ0v) is 14.6.